The molecule has 0 atom stereocenters. The molecule has 0 radical (unpaired) electrons. The number of fused-ring (bicyclic) bond motifs is 2. The van der Waals surface area contributed by atoms with Crippen molar-refractivity contribution in [2.75, 3.05) is 39.6 Å². The largest absolute Gasteiger partial charge is 0.462 e. The van der Waals surface area contributed by atoms with Gasteiger partial charge in [-0.1, -0.05) is 172 Å². The molecule has 1 fully saturated rings. The van der Waals surface area contributed by atoms with E-state index >= 15 is 9.59 Å². The highest BCUT2D eigenvalue weighted by Gasteiger charge is 2.48. The van der Waals surface area contributed by atoms with Gasteiger partial charge >= 0.3 is 47.8 Å². The van der Waals surface area contributed by atoms with E-state index in [2.05, 4.69) is 13.2 Å². The van der Waals surface area contributed by atoms with Gasteiger partial charge in [-0.25, -0.2) is 48.4 Å². The average Bonchev–Trinajstić information content (AvgIpc) is 1.71. The van der Waals surface area contributed by atoms with E-state index in [4.69, 9.17) is 37.9 Å². The zero-order valence-corrected chi connectivity index (χ0v) is 51.4. The van der Waals surface area contributed by atoms with Crippen molar-refractivity contribution in [2.24, 2.45) is 0 Å². The predicted octanol–water partition coefficient (Wildman–Crippen LogP) is 11.2. The predicted molar refractivity (Wildman–Crippen MR) is 325 cm³/mol. The van der Waals surface area contributed by atoms with Gasteiger partial charge in [0.1, 0.15) is 32.0 Å². The van der Waals surface area contributed by atoms with Gasteiger partial charge in [0.15, 0.2) is 17.1 Å². The van der Waals surface area contributed by atoms with Gasteiger partial charge in [-0.2, -0.15) is 0 Å². The number of benzene rings is 5. The van der Waals surface area contributed by atoms with Crippen LogP contribution in [0.25, 0.3) is 0 Å². The van der Waals surface area contributed by atoms with E-state index in [1.807, 2.05) is 26.0 Å². The second-order valence-electron chi connectivity index (χ2n) is 19.4. The minimum atomic E-state index is -1.14. The van der Waals surface area contributed by atoms with Crippen molar-refractivity contribution in [3.8, 4) is 11.5 Å². The lowest BCUT2D eigenvalue weighted by atomic mass is 10.1. The molecule has 0 aromatic heterocycles. The van der Waals surface area contributed by atoms with Crippen LogP contribution in [0, 0.1) is 0 Å². The number of rotatable bonds is 26. The Morgan fingerprint density at radius 1 is 0.420 bits per heavy atom. The lowest BCUT2D eigenvalue weighted by Crippen LogP contribution is -2.39. The first-order chi connectivity index (χ1) is 42.4. The zero-order chi connectivity index (χ0) is 63.0. The summed E-state index contributed by atoms with van der Waals surface area (Å²) in [4.78, 5) is 140. The lowest BCUT2D eigenvalue weighted by molar-refractivity contribution is -0.149. The summed E-state index contributed by atoms with van der Waals surface area (Å²) in [6.45, 7) is 12.1. The third-order valence-electron chi connectivity index (χ3n) is 12.8. The van der Waals surface area contributed by atoms with Gasteiger partial charge in [-0.05, 0) is 62.1 Å². The molecule has 3 aliphatic rings. The molecule has 456 valence electrons. The number of hydrogen-bond donors (Lipinski definition) is 0. The van der Waals surface area contributed by atoms with Crippen LogP contribution in [0.3, 0.4) is 0 Å². The van der Waals surface area contributed by atoms with Crippen LogP contribution in [0.4, 0.5) is 0 Å². The van der Waals surface area contributed by atoms with E-state index in [1.54, 1.807) is 48.5 Å². The van der Waals surface area contributed by atoms with Gasteiger partial charge < -0.3 is 37.9 Å². The Morgan fingerprint density at radius 2 is 0.750 bits per heavy atom. The number of carbonyl (C=O) groups is 10. The summed E-state index contributed by atoms with van der Waals surface area (Å²) in [5.41, 5.74) is -0.312. The SMILES string of the molecule is C=C(C)C(=O)OCCOC(=O)c1ccccc1C(=O)Oc1c2c(c(OC(=O)c3ccccc3C(=O)OCCOC(=O)C(=C)C)c3c1SC(=C1C(=O)N(Cc4ccccc4)N(Cc4ccccc4)C1=O)S3)SC(=C(C(=O)OCCCC)C(=O)OCCCC)S2. The minimum absolute atomic E-state index is 0.00227. The third kappa shape index (κ3) is 15.6. The molecule has 2 amide bonds. The zero-order valence-electron chi connectivity index (χ0n) is 48.2. The lowest BCUT2D eigenvalue weighted by Gasteiger charge is -2.27. The quantitative estimate of drug-likeness (QED) is 0.00948. The first kappa shape index (κ1) is 65.1. The van der Waals surface area contributed by atoms with Crippen molar-refractivity contribution in [2.45, 2.75) is 86.0 Å². The van der Waals surface area contributed by atoms with Gasteiger partial charge in [0, 0.05) is 11.1 Å². The Hall–Kier alpha value is -8.84. The smallest absolute Gasteiger partial charge is 0.347 e. The summed E-state index contributed by atoms with van der Waals surface area (Å²) in [6, 6.07) is 29.1. The van der Waals surface area contributed by atoms with Crippen LogP contribution in [-0.2, 0) is 70.3 Å². The second kappa shape index (κ2) is 30.7. The van der Waals surface area contributed by atoms with Crippen molar-refractivity contribution in [3.63, 3.8) is 0 Å². The Labute approximate surface area is 523 Å². The maximum atomic E-state index is 15.1. The normalized spacial score (nSPS) is 13.1. The standard InChI is InChI=1S/C64H58N2O18S4/c1-7-9-29-77-61(75)46(62(76)78-30-10-8-2)64-87-51-47(83-59(73)43-27-19-17-25-41(43)57(71)81-33-31-79-55(69)37(3)4)49-50(48(52(51)88-64)84-60(74)44-28-20-18-26-42(44)58(72)82-34-32-80-56(70)38(5)6)86-63(85-49)45-53(67)65(35-39-21-13-11-14-22-39)66(54(45)68)36-40-23-15-12-16-24-40/h11-28H,3,5,7-10,29-36H2,1-2,4,6H3. The molecule has 5 aromatic rings. The van der Waals surface area contributed by atoms with Crippen molar-refractivity contribution in [1.82, 2.24) is 10.0 Å². The summed E-state index contributed by atoms with van der Waals surface area (Å²) in [7, 11) is 0. The molecule has 88 heavy (non-hydrogen) atoms. The van der Waals surface area contributed by atoms with Gasteiger partial charge in [0.2, 0.25) is 0 Å². The number of ether oxygens (including phenoxy) is 8. The highest BCUT2D eigenvalue weighted by Crippen LogP contribution is 2.69. The Bertz CT molecular complexity index is 3460. The highest BCUT2D eigenvalue weighted by atomic mass is 32.2. The maximum absolute atomic E-state index is 15.1. The van der Waals surface area contributed by atoms with Gasteiger partial charge in [0.25, 0.3) is 11.8 Å². The molecule has 1 saturated heterocycles. The summed E-state index contributed by atoms with van der Waals surface area (Å²) < 4.78 is 45.0. The number of carbonyl (C=O) groups excluding carboxylic acids is 10. The van der Waals surface area contributed by atoms with E-state index in [0.29, 0.717) is 36.8 Å². The topological polar surface area (TPSA) is 251 Å². The number of esters is 8. The molecule has 0 saturated carbocycles. The van der Waals surface area contributed by atoms with Crippen molar-refractivity contribution >= 4 is 107 Å². The molecule has 20 nitrogen and oxygen atoms in total. The molecule has 5 aromatic carbocycles. The summed E-state index contributed by atoms with van der Waals surface area (Å²) in [5.74, 6) is -9.71. The molecule has 3 heterocycles. The number of unbranched alkanes of at least 4 members (excludes halogenated alkanes) is 2. The van der Waals surface area contributed by atoms with Gasteiger partial charge in [-0.3, -0.25) is 9.59 Å². The van der Waals surface area contributed by atoms with E-state index in [0.717, 1.165) is 47.0 Å². The number of hydrogen-bond acceptors (Lipinski definition) is 22. The van der Waals surface area contributed by atoms with E-state index < -0.39 is 78.4 Å². The van der Waals surface area contributed by atoms with Crippen LogP contribution in [0.1, 0.15) is 106 Å². The highest BCUT2D eigenvalue weighted by molar-refractivity contribution is 8.26. The van der Waals surface area contributed by atoms with Crippen LogP contribution >= 0.6 is 47.0 Å². The molecule has 3 aliphatic heterocycles. The maximum Gasteiger partial charge on any atom is 0.347 e. The first-order valence-corrected chi connectivity index (χ1v) is 30.8. The number of thioether (sulfide) groups is 4. The fourth-order valence-corrected chi connectivity index (χ4v) is 13.8. The third-order valence-corrected chi connectivity index (χ3v) is 17.9. The van der Waals surface area contributed by atoms with Gasteiger partial charge in [-0.15, -0.1) is 0 Å². The number of hydrazine groups is 1. The molecular formula is C64H58N2O18S4. The Morgan fingerprint density at radius 3 is 1.11 bits per heavy atom. The minimum Gasteiger partial charge on any atom is -0.462 e. The molecule has 8 rings (SSSR count). The first-order valence-electron chi connectivity index (χ1n) is 27.5. The van der Waals surface area contributed by atoms with Gasteiger partial charge in [0.05, 0.1) is 76.6 Å². The summed E-state index contributed by atoms with van der Waals surface area (Å²) in [6.07, 6.45) is 2.19. The molecule has 0 spiro atoms. The number of nitrogens with zero attached hydrogens (tertiary/aromatic N) is 2. The molecule has 0 bridgehead atoms. The van der Waals surface area contributed by atoms with Crippen molar-refractivity contribution < 1.29 is 85.8 Å². The Kier molecular flexibility index (Phi) is 22.7. The van der Waals surface area contributed by atoms with Crippen LogP contribution in [0.2, 0.25) is 0 Å². The van der Waals surface area contributed by atoms with E-state index in [1.165, 1.54) is 72.4 Å². The van der Waals surface area contributed by atoms with Crippen LogP contribution in [-0.4, -0.2) is 109 Å². The van der Waals surface area contributed by atoms with Crippen LogP contribution < -0.4 is 9.47 Å². The molecule has 0 unspecified atom stereocenters. The number of amides is 2. The van der Waals surface area contributed by atoms with Crippen LogP contribution in [0.5, 0.6) is 11.5 Å². The van der Waals surface area contributed by atoms with Crippen LogP contribution in [0.15, 0.2) is 173 Å². The summed E-state index contributed by atoms with van der Waals surface area (Å²) in [5, 5.41) is 2.65. The fraction of sp³-hybridized carbons (Fsp3) is 0.250. The van der Waals surface area contributed by atoms with Crippen molar-refractivity contribution in [1.29, 1.82) is 0 Å². The molecule has 24 heteroatoms. The van der Waals surface area contributed by atoms with E-state index in [-0.39, 0.29) is 118 Å². The van der Waals surface area contributed by atoms with E-state index in [9.17, 15) is 38.4 Å². The molecular weight excluding hydrogens is 1210 g/mol. The Balaban J connectivity index is 1.30. The fourth-order valence-electron chi connectivity index (χ4n) is 8.29. The monoisotopic (exact) mass is 1270 g/mol. The van der Waals surface area contributed by atoms with Crippen molar-refractivity contribution in [3.05, 3.63) is 186 Å². The second-order valence-corrected chi connectivity index (χ2v) is 24.0. The summed E-state index contributed by atoms with van der Waals surface area (Å²) >= 11 is 3.18. The molecule has 0 aliphatic carbocycles. The average molecular weight is 1270 g/mol. The molecule has 0 N–H and O–H groups in total.